The number of benzene rings is 1. The van der Waals surface area contributed by atoms with Crippen LogP contribution >= 0.6 is 0 Å². The molecule has 0 unspecified atom stereocenters. The van der Waals surface area contributed by atoms with Gasteiger partial charge in [0.2, 0.25) is 5.95 Å². The number of carbonyl (C=O) groups is 2. The van der Waals surface area contributed by atoms with Crippen molar-refractivity contribution >= 4 is 29.0 Å². The summed E-state index contributed by atoms with van der Waals surface area (Å²) < 4.78 is 27.6. The van der Waals surface area contributed by atoms with Gasteiger partial charge in [0.05, 0.1) is 5.57 Å². The Hall–Kier alpha value is -4.02. The molecule has 1 aromatic carbocycles. The molecule has 9 nitrogen and oxygen atoms in total. The first kappa shape index (κ1) is 16.4. The minimum absolute atomic E-state index is 0.0715. The monoisotopic (exact) mass is 369 g/mol. The van der Waals surface area contributed by atoms with E-state index < -0.39 is 23.4 Å². The Balaban J connectivity index is 1.71. The van der Waals surface area contributed by atoms with Crippen LogP contribution < -0.4 is 5.32 Å². The number of hydrogen-bond donors (Lipinski definition) is 3. The number of nitrogens with zero attached hydrogens (tertiary/aromatic N) is 4. The van der Waals surface area contributed by atoms with Crippen LogP contribution in [-0.2, 0) is 4.79 Å². The number of aromatic nitrogens is 4. The van der Waals surface area contributed by atoms with Gasteiger partial charge in [-0.05, 0) is 6.07 Å². The number of hydrogen-bond acceptors (Lipinski definition) is 5. The van der Waals surface area contributed by atoms with Crippen LogP contribution in [-0.4, -0.2) is 31.8 Å². The number of halogens is 2. The lowest BCUT2D eigenvalue weighted by Crippen LogP contribution is -2.14. The van der Waals surface area contributed by atoms with E-state index in [9.17, 15) is 18.4 Å². The van der Waals surface area contributed by atoms with Gasteiger partial charge >= 0.3 is 0 Å². The highest BCUT2D eigenvalue weighted by Gasteiger charge is 2.29. The third-order valence-corrected chi connectivity index (χ3v) is 3.68. The van der Waals surface area contributed by atoms with Gasteiger partial charge in [0.25, 0.3) is 11.8 Å². The number of carbonyl (C=O) groups excluding carboxylic acids is 2. The number of rotatable bonds is 4. The molecule has 1 aliphatic heterocycles. The van der Waals surface area contributed by atoms with Crippen molar-refractivity contribution in [1.82, 2.24) is 19.9 Å². The van der Waals surface area contributed by atoms with E-state index in [1.807, 2.05) is 0 Å². The van der Waals surface area contributed by atoms with Crippen LogP contribution in [0.5, 0.6) is 0 Å². The summed E-state index contributed by atoms with van der Waals surface area (Å²) in [4.78, 5) is 37.4. The first-order valence-corrected chi connectivity index (χ1v) is 7.56. The van der Waals surface area contributed by atoms with Crippen LogP contribution in [0.4, 0.5) is 14.7 Å². The summed E-state index contributed by atoms with van der Waals surface area (Å²) in [5.41, 5.74) is -0.522. The quantitative estimate of drug-likeness (QED) is 0.653. The average Bonchev–Trinajstić information content (AvgIpc) is 3.38. The van der Waals surface area contributed by atoms with E-state index in [4.69, 9.17) is 0 Å². The number of H-pyrrole nitrogens is 2. The van der Waals surface area contributed by atoms with Crippen molar-refractivity contribution in [2.45, 2.75) is 0 Å². The summed E-state index contributed by atoms with van der Waals surface area (Å²) in [6.07, 6.45) is 4.29. The molecule has 27 heavy (non-hydrogen) atoms. The third kappa shape index (κ3) is 2.90. The van der Waals surface area contributed by atoms with Crippen LogP contribution in [0.15, 0.2) is 47.0 Å². The Morgan fingerprint density at radius 3 is 2.78 bits per heavy atom. The lowest BCUT2D eigenvalue weighted by atomic mass is 10.0. The molecule has 2 aromatic heterocycles. The number of nitrogens with one attached hydrogen (secondary N) is 3. The number of amides is 2. The van der Waals surface area contributed by atoms with Crippen LogP contribution in [0.25, 0.3) is 11.3 Å². The fraction of sp³-hybridized carbons (Fsp3) is 0. The zero-order valence-electron chi connectivity index (χ0n) is 13.3. The highest BCUT2D eigenvalue weighted by molar-refractivity contribution is 6.29. The van der Waals surface area contributed by atoms with E-state index in [0.29, 0.717) is 0 Å². The van der Waals surface area contributed by atoms with E-state index in [2.05, 4.69) is 35.5 Å². The van der Waals surface area contributed by atoms with Crippen molar-refractivity contribution in [3.8, 4) is 0 Å². The minimum Gasteiger partial charge on any atom is -0.340 e. The van der Waals surface area contributed by atoms with E-state index in [0.717, 1.165) is 6.07 Å². The maximum atomic E-state index is 14.1. The lowest BCUT2D eigenvalue weighted by Gasteiger charge is -2.04. The molecule has 2 amide bonds. The molecule has 0 radical (unpaired) electrons. The highest BCUT2D eigenvalue weighted by atomic mass is 19.2. The van der Waals surface area contributed by atoms with Crippen molar-refractivity contribution < 1.29 is 18.4 Å². The summed E-state index contributed by atoms with van der Waals surface area (Å²) in [6, 6.07) is 3.42. The molecule has 134 valence electrons. The fourth-order valence-corrected chi connectivity index (χ4v) is 2.48. The van der Waals surface area contributed by atoms with Crippen molar-refractivity contribution in [3.63, 3.8) is 0 Å². The Kier molecular flexibility index (Phi) is 3.88. The average molecular weight is 369 g/mol. The zero-order valence-corrected chi connectivity index (χ0v) is 13.3. The lowest BCUT2D eigenvalue weighted by molar-refractivity contribution is -0.112. The molecule has 0 saturated carbocycles. The van der Waals surface area contributed by atoms with E-state index in [1.54, 1.807) is 0 Å². The molecular formula is C16H9F2N7O2. The Morgan fingerprint density at radius 2 is 2.00 bits per heavy atom. The summed E-state index contributed by atoms with van der Waals surface area (Å²) in [5.74, 6) is -3.62. The molecule has 0 fully saturated rings. The van der Waals surface area contributed by atoms with Crippen LogP contribution in [0.2, 0.25) is 0 Å². The molecule has 0 atom stereocenters. The van der Waals surface area contributed by atoms with Crippen molar-refractivity contribution in [2.24, 2.45) is 10.2 Å². The first-order chi connectivity index (χ1) is 13.0. The second-order valence-corrected chi connectivity index (χ2v) is 5.36. The second kappa shape index (κ2) is 6.37. The van der Waals surface area contributed by atoms with Gasteiger partial charge in [-0.25, -0.2) is 18.7 Å². The molecule has 11 heteroatoms. The largest absolute Gasteiger partial charge is 0.340 e. The molecule has 0 bridgehead atoms. The zero-order chi connectivity index (χ0) is 19.0. The normalized spacial score (nSPS) is 13.5. The molecule has 0 spiro atoms. The molecule has 0 aliphatic carbocycles. The van der Waals surface area contributed by atoms with E-state index in [1.165, 1.54) is 30.7 Å². The van der Waals surface area contributed by atoms with Crippen LogP contribution in [0, 0.1) is 11.6 Å². The molecule has 3 aromatic rings. The summed E-state index contributed by atoms with van der Waals surface area (Å²) in [7, 11) is 0. The van der Waals surface area contributed by atoms with Crippen molar-refractivity contribution in [1.29, 1.82) is 0 Å². The predicted octanol–water partition coefficient (Wildman–Crippen LogP) is 2.52. The maximum absolute atomic E-state index is 14.1. The Labute approximate surface area is 149 Å². The summed E-state index contributed by atoms with van der Waals surface area (Å²) >= 11 is 0. The standard InChI is InChI=1S/C16H9F2N7O2/c17-8-3-1-2-7(11(8)18)10-12(24-25-14(10)26)9-6-21-13(22-9)15(27)23-16-19-4-5-20-16/h1-6H,(H,21,22)(H2,19,20,23,27). The van der Waals surface area contributed by atoms with Crippen LogP contribution in [0.1, 0.15) is 21.9 Å². The second-order valence-electron chi connectivity index (χ2n) is 5.36. The Bertz CT molecular complexity index is 1120. The third-order valence-electron chi connectivity index (χ3n) is 3.68. The van der Waals surface area contributed by atoms with Gasteiger partial charge in [-0.15, -0.1) is 10.2 Å². The van der Waals surface area contributed by atoms with Crippen molar-refractivity contribution in [2.75, 3.05) is 5.32 Å². The van der Waals surface area contributed by atoms with Gasteiger partial charge in [-0.3, -0.25) is 14.9 Å². The fourth-order valence-electron chi connectivity index (χ4n) is 2.48. The minimum atomic E-state index is -1.20. The van der Waals surface area contributed by atoms with Gasteiger partial charge < -0.3 is 9.97 Å². The predicted molar refractivity (Wildman–Crippen MR) is 88.2 cm³/mol. The number of imidazole rings is 2. The number of anilines is 1. The number of aromatic amines is 2. The van der Waals surface area contributed by atoms with Gasteiger partial charge in [0.1, 0.15) is 11.4 Å². The first-order valence-electron chi connectivity index (χ1n) is 7.56. The van der Waals surface area contributed by atoms with Gasteiger partial charge in [-0.2, -0.15) is 0 Å². The molecular weight excluding hydrogens is 360 g/mol. The molecule has 4 rings (SSSR count). The maximum Gasteiger partial charge on any atom is 0.298 e. The van der Waals surface area contributed by atoms with Crippen molar-refractivity contribution in [3.05, 3.63) is 65.5 Å². The van der Waals surface area contributed by atoms with Gasteiger partial charge in [-0.1, -0.05) is 12.1 Å². The highest BCUT2D eigenvalue weighted by Crippen LogP contribution is 2.34. The number of azo groups is 1. The van der Waals surface area contributed by atoms with Gasteiger partial charge in [0.15, 0.2) is 17.5 Å². The Morgan fingerprint density at radius 1 is 1.15 bits per heavy atom. The molecule has 1 aliphatic rings. The SMILES string of the molecule is O=C1N=NC(c2c[nH]c(C(=O)Nc3ncc[nH]3)n2)=C1c1cccc(F)c1F. The topological polar surface area (TPSA) is 128 Å². The van der Waals surface area contributed by atoms with Crippen LogP contribution in [0.3, 0.4) is 0 Å². The molecule has 0 saturated heterocycles. The molecule has 3 N–H and O–H groups in total. The molecule has 3 heterocycles. The van der Waals surface area contributed by atoms with E-state index >= 15 is 0 Å². The van der Waals surface area contributed by atoms with Gasteiger partial charge in [0, 0.05) is 24.2 Å². The smallest absolute Gasteiger partial charge is 0.298 e. The summed E-state index contributed by atoms with van der Waals surface area (Å²) in [5, 5.41) is 9.55. The summed E-state index contributed by atoms with van der Waals surface area (Å²) in [6.45, 7) is 0. The van der Waals surface area contributed by atoms with E-state index in [-0.39, 0.29) is 34.3 Å².